The number of amides is 1. The molecule has 0 aromatic heterocycles. The van der Waals surface area contributed by atoms with Gasteiger partial charge in [0.1, 0.15) is 0 Å². The molecule has 1 N–H and O–H groups in total. The van der Waals surface area contributed by atoms with Crippen LogP contribution in [-0.4, -0.2) is 5.91 Å². The van der Waals surface area contributed by atoms with E-state index >= 15 is 0 Å². The molecule has 0 spiro atoms. The maximum absolute atomic E-state index is 11.9. The minimum Gasteiger partial charge on any atom is -0.326 e. The van der Waals surface area contributed by atoms with E-state index in [0.29, 0.717) is 6.42 Å². The lowest BCUT2D eigenvalue weighted by atomic mass is 9.86. The summed E-state index contributed by atoms with van der Waals surface area (Å²) in [6, 6.07) is 8.06. The Kier molecular flexibility index (Phi) is 5.39. The van der Waals surface area contributed by atoms with E-state index < -0.39 is 0 Å². The number of hydrogen-bond donors (Lipinski definition) is 1. The molecule has 18 heavy (non-hydrogen) atoms. The van der Waals surface area contributed by atoms with E-state index in [1.54, 1.807) is 0 Å². The molecule has 2 heteroatoms. The Bertz CT molecular complexity index is 390. The maximum atomic E-state index is 11.9. The molecular weight excluding hydrogens is 222 g/mol. The second kappa shape index (κ2) is 6.58. The van der Waals surface area contributed by atoms with E-state index in [-0.39, 0.29) is 11.3 Å². The fourth-order valence-electron chi connectivity index (χ4n) is 1.99. The van der Waals surface area contributed by atoms with Gasteiger partial charge in [-0.3, -0.25) is 4.79 Å². The number of benzene rings is 1. The summed E-state index contributed by atoms with van der Waals surface area (Å²) < 4.78 is 0. The molecule has 0 fully saturated rings. The first kappa shape index (κ1) is 14.7. The summed E-state index contributed by atoms with van der Waals surface area (Å²) in [5.41, 5.74) is 2.19. The lowest BCUT2D eigenvalue weighted by Crippen LogP contribution is -2.18. The predicted octanol–water partition coefficient (Wildman–Crippen LogP) is 4.50. The van der Waals surface area contributed by atoms with Crippen molar-refractivity contribution >= 4 is 11.6 Å². The van der Waals surface area contributed by atoms with Crippen LogP contribution in [0, 0.1) is 0 Å². The van der Waals surface area contributed by atoms with E-state index in [2.05, 4.69) is 39.1 Å². The van der Waals surface area contributed by atoms with Crippen molar-refractivity contribution in [2.45, 2.75) is 58.8 Å². The summed E-state index contributed by atoms with van der Waals surface area (Å²) in [5, 5.41) is 3.04. The minimum atomic E-state index is 0.0489. The zero-order valence-corrected chi connectivity index (χ0v) is 12.0. The second-order valence-corrected chi connectivity index (χ2v) is 5.80. The summed E-state index contributed by atoms with van der Waals surface area (Å²) in [4.78, 5) is 11.9. The van der Waals surface area contributed by atoms with Crippen LogP contribution in [0.3, 0.4) is 0 Å². The number of rotatable bonds is 5. The number of nitrogens with one attached hydrogen (secondary N) is 1. The molecule has 0 aliphatic carbocycles. The first-order valence-corrected chi connectivity index (χ1v) is 6.84. The van der Waals surface area contributed by atoms with Crippen LogP contribution in [0.2, 0.25) is 0 Å². The smallest absolute Gasteiger partial charge is 0.224 e. The van der Waals surface area contributed by atoms with Gasteiger partial charge < -0.3 is 5.32 Å². The first-order chi connectivity index (χ1) is 8.45. The Morgan fingerprint density at radius 1 is 1.17 bits per heavy atom. The Morgan fingerprint density at radius 3 is 2.44 bits per heavy atom. The molecule has 2 nitrogen and oxygen atoms in total. The van der Waals surface area contributed by atoms with Gasteiger partial charge in [-0.05, 0) is 23.5 Å². The van der Waals surface area contributed by atoms with Gasteiger partial charge in [-0.25, -0.2) is 0 Å². The van der Waals surface area contributed by atoms with Crippen molar-refractivity contribution in [3.63, 3.8) is 0 Å². The highest BCUT2D eigenvalue weighted by molar-refractivity contribution is 5.91. The summed E-state index contributed by atoms with van der Waals surface area (Å²) >= 11 is 0. The molecule has 0 saturated heterocycles. The fraction of sp³-hybridized carbons (Fsp3) is 0.562. The molecule has 0 radical (unpaired) electrons. The molecule has 0 aliphatic heterocycles. The molecular formula is C16H25NO. The third-order valence-electron chi connectivity index (χ3n) is 3.02. The van der Waals surface area contributed by atoms with E-state index in [9.17, 15) is 4.79 Å². The minimum absolute atomic E-state index is 0.0489. The number of anilines is 1. The van der Waals surface area contributed by atoms with Gasteiger partial charge in [-0.15, -0.1) is 0 Å². The molecule has 0 atom stereocenters. The van der Waals surface area contributed by atoms with Gasteiger partial charge in [0.2, 0.25) is 5.91 Å². The van der Waals surface area contributed by atoms with Gasteiger partial charge in [0.25, 0.3) is 0 Å². The molecule has 1 aromatic carbocycles. The van der Waals surface area contributed by atoms with Crippen LogP contribution < -0.4 is 5.32 Å². The highest BCUT2D eigenvalue weighted by atomic mass is 16.1. The highest BCUT2D eigenvalue weighted by Gasteiger charge is 2.18. The molecule has 100 valence electrons. The number of hydrogen-bond acceptors (Lipinski definition) is 1. The van der Waals surface area contributed by atoms with Crippen molar-refractivity contribution in [1.82, 2.24) is 0 Å². The van der Waals surface area contributed by atoms with Gasteiger partial charge >= 0.3 is 0 Å². The summed E-state index contributed by atoms with van der Waals surface area (Å²) in [6.07, 6.45) is 3.85. The molecule has 0 unspecified atom stereocenters. The van der Waals surface area contributed by atoms with Gasteiger partial charge in [-0.2, -0.15) is 0 Å². The monoisotopic (exact) mass is 247 g/mol. The third-order valence-corrected chi connectivity index (χ3v) is 3.02. The number of carbonyl (C=O) groups excluding carboxylic acids is 1. The second-order valence-electron chi connectivity index (χ2n) is 5.80. The summed E-state index contributed by atoms with van der Waals surface area (Å²) in [5.74, 6) is 0.125. The number of para-hydroxylation sites is 1. The Balaban J connectivity index is 2.70. The van der Waals surface area contributed by atoms with Crippen LogP contribution in [0.1, 0.15) is 58.9 Å². The van der Waals surface area contributed by atoms with Gasteiger partial charge in [0.05, 0.1) is 0 Å². The van der Waals surface area contributed by atoms with E-state index in [1.807, 2.05) is 18.2 Å². The highest BCUT2D eigenvalue weighted by Crippen LogP contribution is 2.29. The van der Waals surface area contributed by atoms with Crippen molar-refractivity contribution in [3.8, 4) is 0 Å². The summed E-state index contributed by atoms with van der Waals surface area (Å²) in [6.45, 7) is 8.63. The van der Waals surface area contributed by atoms with Gasteiger partial charge in [0.15, 0.2) is 0 Å². The van der Waals surface area contributed by atoms with Gasteiger partial charge in [0, 0.05) is 12.1 Å². The molecule has 0 heterocycles. The normalized spacial score (nSPS) is 11.3. The fourth-order valence-corrected chi connectivity index (χ4v) is 1.99. The van der Waals surface area contributed by atoms with Crippen LogP contribution in [0.25, 0.3) is 0 Å². The quantitative estimate of drug-likeness (QED) is 0.762. The zero-order chi connectivity index (χ0) is 13.6. The molecule has 1 rings (SSSR count). The molecule has 1 amide bonds. The lowest BCUT2D eigenvalue weighted by Gasteiger charge is -2.23. The average Bonchev–Trinajstić information content (AvgIpc) is 2.28. The van der Waals surface area contributed by atoms with E-state index in [1.165, 1.54) is 5.56 Å². The largest absolute Gasteiger partial charge is 0.326 e. The number of unbranched alkanes of at least 4 members (excludes halogenated alkanes) is 2. The Labute approximate surface area is 111 Å². The van der Waals surface area contributed by atoms with Crippen LogP contribution in [0.15, 0.2) is 24.3 Å². The SMILES string of the molecule is CCCCCC(=O)Nc1ccccc1C(C)(C)C. The third kappa shape index (κ3) is 4.52. The van der Waals surface area contributed by atoms with Crippen LogP contribution in [-0.2, 0) is 10.2 Å². The van der Waals surface area contributed by atoms with Crippen molar-refractivity contribution in [1.29, 1.82) is 0 Å². The van der Waals surface area contributed by atoms with Crippen LogP contribution in [0.5, 0.6) is 0 Å². The molecule has 0 bridgehead atoms. The summed E-state index contributed by atoms with van der Waals surface area (Å²) in [7, 11) is 0. The van der Waals surface area contributed by atoms with Crippen LogP contribution in [0.4, 0.5) is 5.69 Å². The van der Waals surface area contributed by atoms with Crippen molar-refractivity contribution in [2.75, 3.05) is 5.32 Å². The predicted molar refractivity (Wildman–Crippen MR) is 77.9 cm³/mol. The van der Waals surface area contributed by atoms with E-state index in [4.69, 9.17) is 0 Å². The number of carbonyl (C=O) groups is 1. The van der Waals surface area contributed by atoms with Crippen molar-refractivity contribution in [3.05, 3.63) is 29.8 Å². The standard InChI is InChI=1S/C16H25NO/c1-5-6-7-12-15(18)17-14-11-9-8-10-13(14)16(2,3)4/h8-11H,5-7,12H2,1-4H3,(H,17,18). The Morgan fingerprint density at radius 2 is 1.83 bits per heavy atom. The first-order valence-electron chi connectivity index (χ1n) is 6.84. The molecule has 1 aromatic rings. The van der Waals surface area contributed by atoms with Crippen molar-refractivity contribution < 1.29 is 4.79 Å². The maximum Gasteiger partial charge on any atom is 0.224 e. The Hall–Kier alpha value is -1.31. The lowest BCUT2D eigenvalue weighted by molar-refractivity contribution is -0.116. The zero-order valence-electron chi connectivity index (χ0n) is 12.0. The average molecular weight is 247 g/mol. The molecule has 0 aliphatic rings. The van der Waals surface area contributed by atoms with Crippen molar-refractivity contribution in [2.24, 2.45) is 0 Å². The topological polar surface area (TPSA) is 29.1 Å². The molecule has 0 saturated carbocycles. The van der Waals surface area contributed by atoms with Gasteiger partial charge in [-0.1, -0.05) is 58.7 Å². The van der Waals surface area contributed by atoms with E-state index in [0.717, 1.165) is 24.9 Å². The van der Waals surface area contributed by atoms with Crippen LogP contribution >= 0.6 is 0 Å².